The van der Waals surface area contributed by atoms with Crippen LogP contribution in [-0.2, 0) is 9.53 Å². The lowest BCUT2D eigenvalue weighted by molar-refractivity contribution is -0.159. The van der Waals surface area contributed by atoms with Crippen LogP contribution in [-0.4, -0.2) is 12.1 Å². The van der Waals surface area contributed by atoms with Crippen molar-refractivity contribution in [1.29, 1.82) is 0 Å². The molecule has 0 aromatic carbocycles. The molecule has 0 saturated heterocycles. The average Bonchev–Trinajstić information content (AvgIpc) is 2.35. The predicted molar refractivity (Wildman–Crippen MR) is 82.1 cm³/mol. The number of hydrogen-bond acceptors (Lipinski definition) is 2. The standard InChI is InChI=1S/C17H34O2/c1-9-13(4)19-15(18)14(17(7,8)11-3)12-16(5,6)10-2/h13-14H,9-12H2,1-8H3. The molecule has 0 fully saturated rings. The van der Waals surface area contributed by atoms with Crippen molar-refractivity contribution < 1.29 is 9.53 Å². The van der Waals surface area contributed by atoms with Gasteiger partial charge in [0.2, 0.25) is 0 Å². The van der Waals surface area contributed by atoms with Gasteiger partial charge in [0.15, 0.2) is 0 Å². The van der Waals surface area contributed by atoms with E-state index in [4.69, 9.17) is 4.74 Å². The summed E-state index contributed by atoms with van der Waals surface area (Å²) in [5.41, 5.74) is 0.183. The fraction of sp³-hybridized carbons (Fsp3) is 0.941. The Hall–Kier alpha value is -0.530. The van der Waals surface area contributed by atoms with Crippen LogP contribution in [0.3, 0.4) is 0 Å². The van der Waals surface area contributed by atoms with E-state index in [1.807, 2.05) is 13.8 Å². The van der Waals surface area contributed by atoms with E-state index in [-0.39, 0.29) is 28.8 Å². The van der Waals surface area contributed by atoms with E-state index in [9.17, 15) is 4.79 Å². The molecule has 0 saturated carbocycles. The number of rotatable bonds is 8. The molecular weight excluding hydrogens is 236 g/mol. The maximum absolute atomic E-state index is 12.5. The first kappa shape index (κ1) is 18.5. The molecule has 0 spiro atoms. The van der Waals surface area contributed by atoms with Crippen molar-refractivity contribution >= 4 is 5.97 Å². The molecule has 19 heavy (non-hydrogen) atoms. The van der Waals surface area contributed by atoms with Crippen LogP contribution in [0.1, 0.15) is 81.1 Å². The predicted octanol–water partition coefficient (Wildman–Crippen LogP) is 5.21. The van der Waals surface area contributed by atoms with Gasteiger partial charge in [-0.15, -0.1) is 0 Å². The van der Waals surface area contributed by atoms with Crippen LogP contribution in [0.5, 0.6) is 0 Å². The van der Waals surface area contributed by atoms with Crippen molar-refractivity contribution in [3.05, 3.63) is 0 Å². The van der Waals surface area contributed by atoms with Gasteiger partial charge in [-0.3, -0.25) is 4.79 Å². The van der Waals surface area contributed by atoms with E-state index in [0.717, 1.165) is 25.7 Å². The summed E-state index contributed by atoms with van der Waals surface area (Å²) >= 11 is 0. The molecule has 2 heteroatoms. The second-order valence-electron chi connectivity index (χ2n) is 7.27. The maximum atomic E-state index is 12.5. The van der Waals surface area contributed by atoms with Crippen molar-refractivity contribution in [3.63, 3.8) is 0 Å². The average molecular weight is 270 g/mol. The number of esters is 1. The molecule has 114 valence electrons. The van der Waals surface area contributed by atoms with E-state index < -0.39 is 0 Å². The van der Waals surface area contributed by atoms with Crippen LogP contribution in [0.2, 0.25) is 0 Å². The number of carbonyl (C=O) groups is 1. The highest BCUT2D eigenvalue weighted by Crippen LogP contribution is 2.41. The first-order valence-corrected chi connectivity index (χ1v) is 7.80. The minimum Gasteiger partial charge on any atom is -0.462 e. The molecule has 2 nitrogen and oxygen atoms in total. The molecule has 0 N–H and O–H groups in total. The Kier molecular flexibility index (Phi) is 7.10. The van der Waals surface area contributed by atoms with Crippen LogP contribution in [0.4, 0.5) is 0 Å². The second-order valence-corrected chi connectivity index (χ2v) is 7.27. The Bertz CT molecular complexity index is 279. The molecular formula is C17H34O2. The highest BCUT2D eigenvalue weighted by atomic mass is 16.5. The SMILES string of the molecule is CCC(C)OC(=O)C(CC(C)(C)CC)C(C)(C)CC. The fourth-order valence-electron chi connectivity index (χ4n) is 1.99. The number of ether oxygens (including phenoxy) is 1. The molecule has 0 aliphatic heterocycles. The summed E-state index contributed by atoms with van der Waals surface area (Å²) in [4.78, 5) is 12.5. The molecule has 0 bridgehead atoms. The third kappa shape index (κ3) is 5.97. The lowest BCUT2D eigenvalue weighted by atomic mass is 9.68. The third-order valence-corrected chi connectivity index (χ3v) is 4.75. The summed E-state index contributed by atoms with van der Waals surface area (Å²) in [6, 6.07) is 0. The van der Waals surface area contributed by atoms with Gasteiger partial charge >= 0.3 is 5.97 Å². The Morgan fingerprint density at radius 3 is 1.95 bits per heavy atom. The highest BCUT2D eigenvalue weighted by molar-refractivity contribution is 5.73. The van der Waals surface area contributed by atoms with Gasteiger partial charge in [0, 0.05) is 0 Å². The Balaban J connectivity index is 5.02. The summed E-state index contributed by atoms with van der Waals surface area (Å²) in [6.45, 7) is 17.2. The van der Waals surface area contributed by atoms with E-state index in [0.29, 0.717) is 0 Å². The molecule has 0 aromatic rings. The molecule has 2 unspecified atom stereocenters. The highest BCUT2D eigenvalue weighted by Gasteiger charge is 2.38. The summed E-state index contributed by atoms with van der Waals surface area (Å²) < 4.78 is 5.60. The number of carbonyl (C=O) groups excluding carboxylic acids is 1. The largest absolute Gasteiger partial charge is 0.462 e. The Morgan fingerprint density at radius 2 is 1.58 bits per heavy atom. The summed E-state index contributed by atoms with van der Waals surface area (Å²) in [5.74, 6) is -0.0239. The zero-order chi connectivity index (χ0) is 15.3. The van der Waals surface area contributed by atoms with Gasteiger partial charge in [-0.2, -0.15) is 0 Å². The van der Waals surface area contributed by atoms with Crippen molar-refractivity contribution in [1.82, 2.24) is 0 Å². The zero-order valence-corrected chi connectivity index (χ0v) is 14.3. The van der Waals surface area contributed by atoms with Gasteiger partial charge in [0.1, 0.15) is 0 Å². The monoisotopic (exact) mass is 270 g/mol. The molecule has 0 amide bonds. The Morgan fingerprint density at radius 1 is 1.05 bits per heavy atom. The lowest BCUT2D eigenvalue weighted by Crippen LogP contribution is -2.37. The molecule has 0 rings (SSSR count). The van der Waals surface area contributed by atoms with Gasteiger partial charge in [-0.1, -0.05) is 61.3 Å². The van der Waals surface area contributed by atoms with E-state index in [2.05, 4.69) is 41.5 Å². The number of hydrogen-bond donors (Lipinski definition) is 0. The van der Waals surface area contributed by atoms with Crippen LogP contribution in [0.25, 0.3) is 0 Å². The topological polar surface area (TPSA) is 26.3 Å². The summed E-state index contributed by atoms with van der Waals surface area (Å²) in [7, 11) is 0. The molecule has 0 aliphatic rings. The van der Waals surface area contributed by atoms with Crippen LogP contribution < -0.4 is 0 Å². The fourth-order valence-corrected chi connectivity index (χ4v) is 1.99. The minimum absolute atomic E-state index is 0.00299. The van der Waals surface area contributed by atoms with Gasteiger partial charge in [0.05, 0.1) is 12.0 Å². The van der Waals surface area contributed by atoms with Crippen molar-refractivity contribution in [3.8, 4) is 0 Å². The van der Waals surface area contributed by atoms with E-state index in [1.165, 1.54) is 0 Å². The maximum Gasteiger partial charge on any atom is 0.309 e. The molecule has 0 aliphatic carbocycles. The van der Waals surface area contributed by atoms with Crippen molar-refractivity contribution in [2.45, 2.75) is 87.2 Å². The zero-order valence-electron chi connectivity index (χ0n) is 14.3. The van der Waals surface area contributed by atoms with E-state index in [1.54, 1.807) is 0 Å². The minimum atomic E-state index is -0.0125. The van der Waals surface area contributed by atoms with Gasteiger partial charge in [-0.25, -0.2) is 0 Å². The molecule has 0 radical (unpaired) electrons. The lowest BCUT2D eigenvalue weighted by Gasteiger charge is -2.37. The van der Waals surface area contributed by atoms with Gasteiger partial charge in [0.25, 0.3) is 0 Å². The van der Waals surface area contributed by atoms with Crippen molar-refractivity contribution in [2.75, 3.05) is 0 Å². The molecule has 2 atom stereocenters. The van der Waals surface area contributed by atoms with Crippen LogP contribution >= 0.6 is 0 Å². The quantitative estimate of drug-likeness (QED) is 0.566. The van der Waals surface area contributed by atoms with E-state index >= 15 is 0 Å². The third-order valence-electron chi connectivity index (χ3n) is 4.75. The van der Waals surface area contributed by atoms with Crippen molar-refractivity contribution in [2.24, 2.45) is 16.7 Å². The first-order valence-electron chi connectivity index (χ1n) is 7.80. The van der Waals surface area contributed by atoms with Crippen LogP contribution in [0, 0.1) is 16.7 Å². The molecule has 0 aromatic heterocycles. The van der Waals surface area contributed by atoms with Gasteiger partial charge < -0.3 is 4.74 Å². The first-order chi connectivity index (χ1) is 8.59. The normalized spacial score (nSPS) is 16.0. The summed E-state index contributed by atoms with van der Waals surface area (Å²) in [5, 5.41) is 0. The smallest absolute Gasteiger partial charge is 0.309 e. The summed E-state index contributed by atoms with van der Waals surface area (Å²) in [6.07, 6.45) is 3.88. The van der Waals surface area contributed by atoms with Crippen LogP contribution in [0.15, 0.2) is 0 Å². The van der Waals surface area contributed by atoms with Gasteiger partial charge in [-0.05, 0) is 30.6 Å². The molecule has 0 heterocycles. The Labute approximate surface area is 120 Å². The second kappa shape index (κ2) is 7.31.